The Balaban J connectivity index is 1.83. The number of nitrogens with zero attached hydrogens (tertiary/aromatic N) is 2. The third kappa shape index (κ3) is 2.69. The minimum atomic E-state index is 0.450. The molecule has 4 nitrogen and oxygen atoms in total. The molecule has 1 heterocycles. The Kier molecular flexibility index (Phi) is 3.72. The van der Waals surface area contributed by atoms with E-state index in [2.05, 4.69) is 22.2 Å². The van der Waals surface area contributed by atoms with Gasteiger partial charge in [-0.05, 0) is 43.9 Å². The molecule has 1 atom stereocenters. The Labute approximate surface area is 119 Å². The second-order valence-electron chi connectivity index (χ2n) is 5.83. The first kappa shape index (κ1) is 13.2. The third-order valence-electron chi connectivity index (χ3n) is 4.38. The molecule has 1 aromatic heterocycles. The highest BCUT2D eigenvalue weighted by atomic mass is 15.0. The molecule has 3 rings (SSSR count). The second-order valence-corrected chi connectivity index (χ2v) is 5.83. The predicted octanol–water partition coefficient (Wildman–Crippen LogP) is 3.59. The molecule has 1 aliphatic rings. The highest BCUT2D eigenvalue weighted by Crippen LogP contribution is 2.29. The number of hydrogen-bond acceptors (Lipinski definition) is 4. The van der Waals surface area contributed by atoms with E-state index in [-0.39, 0.29) is 0 Å². The summed E-state index contributed by atoms with van der Waals surface area (Å²) in [6.45, 7) is 2.27. The first-order valence-corrected chi connectivity index (χ1v) is 7.51. The lowest BCUT2D eigenvalue weighted by Gasteiger charge is -2.28. The molecule has 1 unspecified atom stereocenters. The summed E-state index contributed by atoms with van der Waals surface area (Å²) in [4.78, 5) is 8.70. The topological polar surface area (TPSA) is 63.8 Å². The van der Waals surface area contributed by atoms with Crippen molar-refractivity contribution in [1.82, 2.24) is 9.97 Å². The zero-order chi connectivity index (χ0) is 13.9. The zero-order valence-corrected chi connectivity index (χ0v) is 12.0. The van der Waals surface area contributed by atoms with Gasteiger partial charge in [-0.2, -0.15) is 0 Å². The van der Waals surface area contributed by atoms with Gasteiger partial charge in [0.15, 0.2) is 0 Å². The molecule has 0 spiro atoms. The van der Waals surface area contributed by atoms with E-state index >= 15 is 0 Å². The van der Waals surface area contributed by atoms with Crippen molar-refractivity contribution >= 4 is 22.4 Å². The van der Waals surface area contributed by atoms with Crippen molar-refractivity contribution in [3.8, 4) is 0 Å². The largest absolute Gasteiger partial charge is 0.399 e. The van der Waals surface area contributed by atoms with Crippen LogP contribution in [0, 0.1) is 5.92 Å². The second kappa shape index (κ2) is 5.65. The Morgan fingerprint density at radius 3 is 2.80 bits per heavy atom. The summed E-state index contributed by atoms with van der Waals surface area (Å²) in [5.74, 6) is 1.68. The normalized spacial score (nSPS) is 18.1. The summed E-state index contributed by atoms with van der Waals surface area (Å²) >= 11 is 0. The SMILES string of the molecule is CC(Nc1ncnc2cc(N)ccc12)C1CCCCC1. The lowest BCUT2D eigenvalue weighted by atomic mass is 9.84. The lowest BCUT2D eigenvalue weighted by molar-refractivity contribution is 0.328. The van der Waals surface area contributed by atoms with Gasteiger partial charge in [0.05, 0.1) is 5.52 Å². The summed E-state index contributed by atoms with van der Waals surface area (Å²) in [7, 11) is 0. The van der Waals surface area contributed by atoms with Crippen molar-refractivity contribution in [3.05, 3.63) is 24.5 Å². The predicted molar refractivity (Wildman–Crippen MR) is 83.6 cm³/mol. The Hall–Kier alpha value is -1.84. The van der Waals surface area contributed by atoms with Crippen molar-refractivity contribution in [1.29, 1.82) is 0 Å². The Bertz CT molecular complexity index is 590. The number of benzene rings is 1. The molecule has 106 valence electrons. The molecule has 1 saturated carbocycles. The number of fused-ring (bicyclic) bond motifs is 1. The van der Waals surface area contributed by atoms with Crippen LogP contribution < -0.4 is 11.1 Å². The van der Waals surface area contributed by atoms with Gasteiger partial charge in [0, 0.05) is 17.1 Å². The van der Waals surface area contributed by atoms with Crippen LogP contribution in [0.3, 0.4) is 0 Å². The van der Waals surface area contributed by atoms with Crippen molar-refractivity contribution in [2.24, 2.45) is 5.92 Å². The molecule has 1 aliphatic carbocycles. The minimum absolute atomic E-state index is 0.450. The summed E-state index contributed by atoms with van der Waals surface area (Å²) in [6.07, 6.45) is 8.36. The van der Waals surface area contributed by atoms with E-state index < -0.39 is 0 Å². The number of hydrogen-bond donors (Lipinski definition) is 2. The third-order valence-corrected chi connectivity index (χ3v) is 4.38. The van der Waals surface area contributed by atoms with Crippen molar-refractivity contribution < 1.29 is 0 Å². The van der Waals surface area contributed by atoms with Gasteiger partial charge in [0.2, 0.25) is 0 Å². The van der Waals surface area contributed by atoms with Gasteiger partial charge in [-0.15, -0.1) is 0 Å². The van der Waals surface area contributed by atoms with Crippen molar-refractivity contribution in [2.45, 2.75) is 45.1 Å². The van der Waals surface area contributed by atoms with Gasteiger partial charge in [-0.3, -0.25) is 0 Å². The number of nitrogen functional groups attached to an aromatic ring is 1. The molecule has 0 bridgehead atoms. The molecule has 1 aromatic carbocycles. The maximum absolute atomic E-state index is 5.81. The van der Waals surface area contributed by atoms with Crippen molar-refractivity contribution in [2.75, 3.05) is 11.1 Å². The van der Waals surface area contributed by atoms with Crippen LogP contribution in [0.1, 0.15) is 39.0 Å². The van der Waals surface area contributed by atoms with Crippen LogP contribution >= 0.6 is 0 Å². The highest BCUT2D eigenvalue weighted by molar-refractivity contribution is 5.90. The van der Waals surface area contributed by atoms with Crippen LogP contribution in [0.25, 0.3) is 10.9 Å². The molecular weight excluding hydrogens is 248 g/mol. The van der Waals surface area contributed by atoms with Crippen LogP contribution in [0.5, 0.6) is 0 Å². The Morgan fingerprint density at radius 1 is 1.20 bits per heavy atom. The van der Waals surface area contributed by atoms with Gasteiger partial charge >= 0.3 is 0 Å². The van der Waals surface area contributed by atoms with Gasteiger partial charge < -0.3 is 11.1 Å². The monoisotopic (exact) mass is 270 g/mol. The molecule has 0 aliphatic heterocycles. The molecular formula is C16H22N4. The fourth-order valence-corrected chi connectivity index (χ4v) is 3.16. The highest BCUT2D eigenvalue weighted by Gasteiger charge is 2.20. The van der Waals surface area contributed by atoms with Gasteiger partial charge in [-0.25, -0.2) is 9.97 Å². The number of anilines is 2. The summed E-state index contributed by atoms with van der Waals surface area (Å²) in [6, 6.07) is 6.25. The van der Waals surface area contributed by atoms with E-state index in [0.717, 1.165) is 28.3 Å². The molecule has 1 fully saturated rings. The smallest absolute Gasteiger partial charge is 0.137 e. The summed E-state index contributed by atoms with van der Waals surface area (Å²) in [5.41, 5.74) is 7.45. The first-order valence-electron chi connectivity index (χ1n) is 7.51. The fourth-order valence-electron chi connectivity index (χ4n) is 3.16. The summed E-state index contributed by atoms with van der Waals surface area (Å²) < 4.78 is 0. The van der Waals surface area contributed by atoms with Crippen LogP contribution in [0.2, 0.25) is 0 Å². The molecule has 3 N–H and O–H groups in total. The summed E-state index contributed by atoms with van der Waals surface area (Å²) in [5, 5.41) is 4.63. The van der Waals surface area contributed by atoms with Crippen LogP contribution in [0.4, 0.5) is 11.5 Å². The quantitative estimate of drug-likeness (QED) is 0.837. The Morgan fingerprint density at radius 2 is 2.00 bits per heavy atom. The fraction of sp³-hybridized carbons (Fsp3) is 0.500. The minimum Gasteiger partial charge on any atom is -0.399 e. The molecule has 4 heteroatoms. The molecule has 0 amide bonds. The number of rotatable bonds is 3. The average Bonchev–Trinajstić information content (AvgIpc) is 2.48. The van der Waals surface area contributed by atoms with Gasteiger partial charge in [-0.1, -0.05) is 19.3 Å². The van der Waals surface area contributed by atoms with Gasteiger partial charge in [0.25, 0.3) is 0 Å². The molecule has 2 aromatic rings. The van der Waals surface area contributed by atoms with E-state index in [9.17, 15) is 0 Å². The number of nitrogens with one attached hydrogen (secondary N) is 1. The van der Waals surface area contributed by atoms with E-state index in [4.69, 9.17) is 5.73 Å². The standard InChI is InChI=1S/C16H22N4/c1-11(12-5-3-2-4-6-12)20-16-14-8-7-13(17)9-15(14)18-10-19-16/h7-12H,2-6,17H2,1H3,(H,18,19,20). The molecule has 0 radical (unpaired) electrons. The average molecular weight is 270 g/mol. The van der Waals surface area contributed by atoms with Crippen LogP contribution in [-0.2, 0) is 0 Å². The first-order chi connectivity index (χ1) is 9.74. The lowest BCUT2D eigenvalue weighted by Crippen LogP contribution is -2.28. The van der Waals surface area contributed by atoms with E-state index in [1.165, 1.54) is 32.1 Å². The molecule has 20 heavy (non-hydrogen) atoms. The van der Waals surface area contributed by atoms with E-state index in [1.807, 2.05) is 18.2 Å². The van der Waals surface area contributed by atoms with Crippen LogP contribution in [0.15, 0.2) is 24.5 Å². The molecule has 0 saturated heterocycles. The van der Waals surface area contributed by atoms with Crippen molar-refractivity contribution in [3.63, 3.8) is 0 Å². The number of aromatic nitrogens is 2. The van der Waals surface area contributed by atoms with Crippen LogP contribution in [-0.4, -0.2) is 16.0 Å². The number of nitrogens with two attached hydrogens (primary N) is 1. The maximum atomic E-state index is 5.81. The zero-order valence-electron chi connectivity index (χ0n) is 12.0. The van der Waals surface area contributed by atoms with E-state index in [1.54, 1.807) is 6.33 Å². The van der Waals surface area contributed by atoms with E-state index in [0.29, 0.717) is 6.04 Å². The maximum Gasteiger partial charge on any atom is 0.137 e. The van der Waals surface area contributed by atoms with Gasteiger partial charge in [0.1, 0.15) is 12.1 Å².